The first-order valence-electron chi connectivity index (χ1n) is 15.5. The smallest absolute Gasteiger partial charge is 0.310 e. The van der Waals surface area contributed by atoms with Crippen LogP contribution in [0.1, 0.15) is 107 Å². The van der Waals surface area contributed by atoms with Crippen LogP contribution in [0.2, 0.25) is 0 Å². The van der Waals surface area contributed by atoms with Gasteiger partial charge in [0.05, 0.1) is 24.2 Å². The van der Waals surface area contributed by atoms with E-state index in [2.05, 4.69) is 47.6 Å². The number of hydrogen-bond acceptors (Lipinski definition) is 4. The molecule has 1 aliphatic heterocycles. The number of carboxylic acid groups (broad SMARTS) is 1. The molecule has 40 heavy (non-hydrogen) atoms. The Bertz CT molecular complexity index is 1060. The SMILES string of the molecule is C[C@@H]1CCC2(C(=O)O)CC[C@]3(C)C(=CCC4[C@@]5(C)CC(O)C6OC(C)(C)OC[C@@]6(C)C5CC[C@]43C)C2[C@H]1C.[Ac].[Re]. The van der Waals surface area contributed by atoms with Gasteiger partial charge in [-0.05, 0) is 111 Å². The molecule has 6 unspecified atom stereocenters. The summed E-state index contributed by atoms with van der Waals surface area (Å²) in [5.74, 6) is 0.702. The number of aliphatic hydroxyl groups is 1. The number of aliphatic carboxylic acids is 1. The summed E-state index contributed by atoms with van der Waals surface area (Å²) in [5, 5.41) is 22.2. The van der Waals surface area contributed by atoms with E-state index in [-0.39, 0.29) is 98.2 Å². The van der Waals surface area contributed by atoms with Crippen molar-refractivity contribution in [3.8, 4) is 0 Å². The largest absolute Gasteiger partial charge is 0.481 e. The van der Waals surface area contributed by atoms with Gasteiger partial charge in [0, 0.05) is 69.9 Å². The van der Waals surface area contributed by atoms with Gasteiger partial charge in [0.25, 0.3) is 0 Å². The molecule has 5 aliphatic carbocycles. The Morgan fingerprint density at radius 2 is 1.62 bits per heavy atom. The number of hydrogen-bond donors (Lipinski definition) is 2. The van der Waals surface area contributed by atoms with Gasteiger partial charge < -0.3 is 19.7 Å². The van der Waals surface area contributed by atoms with Crippen LogP contribution in [-0.4, -0.2) is 40.8 Å². The molecule has 12 atom stereocenters. The average Bonchev–Trinajstić information content (AvgIpc) is 2.82. The summed E-state index contributed by atoms with van der Waals surface area (Å²) in [7, 11) is 0. The Balaban J connectivity index is 0.00000185. The van der Waals surface area contributed by atoms with E-state index in [9.17, 15) is 15.0 Å². The molecule has 0 aromatic heterocycles. The molecule has 0 aromatic rings. The molecule has 2 radical (unpaired) electrons. The second-order valence-electron chi connectivity index (χ2n) is 16.1. The number of ether oxygens (including phenoxy) is 2. The molecule has 5 nitrogen and oxygen atoms in total. The summed E-state index contributed by atoms with van der Waals surface area (Å²) < 4.78 is 12.7. The first kappa shape index (κ1) is 34.1. The first-order chi connectivity index (χ1) is 17.6. The fourth-order valence-electron chi connectivity index (χ4n) is 11.9. The van der Waals surface area contributed by atoms with Gasteiger partial charge in [-0.1, -0.05) is 53.2 Å². The molecule has 4 saturated carbocycles. The van der Waals surface area contributed by atoms with Crippen LogP contribution in [0.15, 0.2) is 11.6 Å². The summed E-state index contributed by atoms with van der Waals surface area (Å²) in [4.78, 5) is 12.9. The number of carbonyl (C=O) groups is 1. The van der Waals surface area contributed by atoms with Gasteiger partial charge in [0.1, 0.15) is 0 Å². The van der Waals surface area contributed by atoms with Crippen molar-refractivity contribution in [3.05, 3.63) is 11.6 Å². The molecular weight excluding hydrogens is 890 g/mol. The molecule has 1 heterocycles. The molecule has 0 bridgehead atoms. The van der Waals surface area contributed by atoms with Crippen molar-refractivity contribution < 1.29 is 89.0 Å². The van der Waals surface area contributed by atoms with Crippen LogP contribution in [-0.2, 0) is 34.7 Å². The van der Waals surface area contributed by atoms with Crippen molar-refractivity contribution in [1.29, 1.82) is 0 Å². The van der Waals surface area contributed by atoms with Crippen LogP contribution in [0.5, 0.6) is 0 Å². The number of allylic oxidation sites excluding steroid dienone is 2. The van der Waals surface area contributed by atoms with E-state index in [0.29, 0.717) is 30.3 Å². The zero-order valence-electron chi connectivity index (χ0n) is 26.1. The van der Waals surface area contributed by atoms with E-state index in [1.165, 1.54) is 5.57 Å². The van der Waals surface area contributed by atoms with Gasteiger partial charge in [-0.15, -0.1) is 0 Å². The van der Waals surface area contributed by atoms with Crippen molar-refractivity contribution >= 4 is 5.97 Å². The van der Waals surface area contributed by atoms with E-state index in [0.717, 1.165) is 51.4 Å². The molecule has 0 spiro atoms. The van der Waals surface area contributed by atoms with Crippen LogP contribution in [0.4, 0.5) is 0 Å². The summed E-state index contributed by atoms with van der Waals surface area (Å²) in [5.41, 5.74) is 0.690. The van der Waals surface area contributed by atoms with E-state index in [1.54, 1.807) is 0 Å². The maximum atomic E-state index is 12.9. The van der Waals surface area contributed by atoms with Crippen LogP contribution >= 0.6 is 0 Å². The van der Waals surface area contributed by atoms with Gasteiger partial charge >= 0.3 is 5.97 Å². The van der Waals surface area contributed by atoms with Crippen LogP contribution in [0, 0.1) is 101 Å². The van der Waals surface area contributed by atoms with Crippen molar-refractivity contribution in [2.24, 2.45) is 56.7 Å². The quantitative estimate of drug-likeness (QED) is 0.283. The molecular formula is C33H52AcO5Re. The second kappa shape index (κ2) is 10.6. The fraction of sp³-hybridized carbons (Fsp3) is 0.909. The number of aliphatic hydroxyl groups excluding tert-OH is 1. The molecule has 7 heteroatoms. The molecule has 1 saturated heterocycles. The molecule has 0 amide bonds. The monoisotopic (exact) mass is 942 g/mol. The Morgan fingerprint density at radius 1 is 0.950 bits per heavy atom. The number of rotatable bonds is 1. The normalized spacial score (nSPS) is 54.4. The van der Waals surface area contributed by atoms with Gasteiger partial charge in [-0.2, -0.15) is 0 Å². The fourth-order valence-corrected chi connectivity index (χ4v) is 11.9. The molecule has 6 aliphatic rings. The molecule has 0 aromatic carbocycles. The summed E-state index contributed by atoms with van der Waals surface area (Å²) >= 11 is 0. The van der Waals surface area contributed by atoms with Crippen molar-refractivity contribution in [2.75, 3.05) is 6.61 Å². The maximum Gasteiger partial charge on any atom is 0.310 e. The third kappa shape index (κ3) is 4.31. The Morgan fingerprint density at radius 3 is 2.27 bits per heavy atom. The van der Waals surface area contributed by atoms with Crippen molar-refractivity contribution in [2.45, 2.75) is 125 Å². The van der Waals surface area contributed by atoms with E-state index in [1.807, 2.05) is 13.8 Å². The van der Waals surface area contributed by atoms with Gasteiger partial charge in [0.15, 0.2) is 5.79 Å². The third-order valence-corrected chi connectivity index (χ3v) is 14.3. The maximum absolute atomic E-state index is 12.9. The minimum Gasteiger partial charge on any atom is -0.481 e. The number of fused-ring (bicyclic) bond motifs is 9. The summed E-state index contributed by atoms with van der Waals surface area (Å²) in [6.45, 7) is 19.0. The summed E-state index contributed by atoms with van der Waals surface area (Å²) in [6.07, 6.45) is 9.41. The van der Waals surface area contributed by atoms with E-state index in [4.69, 9.17) is 9.47 Å². The zero-order valence-corrected chi connectivity index (χ0v) is 33.5. The van der Waals surface area contributed by atoms with Crippen molar-refractivity contribution in [3.63, 3.8) is 0 Å². The van der Waals surface area contributed by atoms with Crippen LogP contribution in [0.25, 0.3) is 0 Å². The third-order valence-electron chi connectivity index (χ3n) is 14.3. The predicted molar refractivity (Wildman–Crippen MR) is 147 cm³/mol. The minimum atomic E-state index is -0.662. The molecule has 2 N–H and O–H groups in total. The van der Waals surface area contributed by atoms with Crippen molar-refractivity contribution in [1.82, 2.24) is 0 Å². The second-order valence-corrected chi connectivity index (χ2v) is 16.1. The molecule has 6 rings (SSSR count). The zero-order chi connectivity index (χ0) is 27.7. The first-order valence-corrected chi connectivity index (χ1v) is 15.5. The number of carboxylic acids is 1. The minimum absolute atomic E-state index is 0. The topological polar surface area (TPSA) is 76.0 Å². The molecule has 224 valence electrons. The Kier molecular flexibility index (Phi) is 9.06. The Hall–Kier alpha value is 1.19. The predicted octanol–water partition coefficient (Wildman–Crippen LogP) is 6.83. The van der Waals surface area contributed by atoms with Crippen LogP contribution < -0.4 is 0 Å². The van der Waals surface area contributed by atoms with Gasteiger partial charge in [-0.25, -0.2) is 0 Å². The van der Waals surface area contributed by atoms with E-state index < -0.39 is 23.3 Å². The Labute approximate surface area is 292 Å². The van der Waals surface area contributed by atoms with Gasteiger partial charge in [-0.3, -0.25) is 4.79 Å². The standard InChI is InChI=1S/C33H52O5.Ac.Re/c1-19-11-14-33(27(35)36)16-15-31(7)21(25(33)20(19)2)9-10-24-29(5)17-22(34)26-30(6,18-37-28(3,4)38-26)23(29)12-13-32(24,31)8;;/h9,19-20,22-26,34H,10-18H2,1-8H3,(H,35,36);;/t19-,20+,22?,23?,24?,25?,26?,29+,30+,31-,32-,33?;;/m1../s1. The summed E-state index contributed by atoms with van der Waals surface area (Å²) in [6, 6.07) is 0. The van der Waals surface area contributed by atoms with E-state index >= 15 is 0 Å². The molecule has 5 fully saturated rings. The van der Waals surface area contributed by atoms with Gasteiger partial charge in [0.2, 0.25) is 0 Å². The van der Waals surface area contributed by atoms with Crippen LogP contribution in [0.3, 0.4) is 0 Å². The average molecular weight is 942 g/mol.